The highest BCUT2D eigenvalue weighted by Gasteiger charge is 2.11. The Morgan fingerprint density at radius 2 is 1.77 bits per heavy atom. The molecule has 0 aliphatic heterocycles. The number of carbonyl (C=O) groups is 1. The molecule has 0 aliphatic rings. The van der Waals surface area contributed by atoms with Gasteiger partial charge in [0.1, 0.15) is 0 Å². The van der Waals surface area contributed by atoms with Crippen molar-refractivity contribution in [2.24, 2.45) is 0 Å². The second kappa shape index (κ2) is 8.86. The van der Waals surface area contributed by atoms with E-state index in [0.29, 0.717) is 19.7 Å². The zero-order chi connectivity index (χ0) is 19.2. The van der Waals surface area contributed by atoms with Gasteiger partial charge in [0, 0.05) is 20.1 Å². The van der Waals surface area contributed by atoms with Crippen LogP contribution in [0.3, 0.4) is 0 Å². The third-order valence-corrected chi connectivity index (χ3v) is 4.12. The van der Waals surface area contributed by atoms with Gasteiger partial charge in [0.25, 0.3) is 0 Å². The first-order chi connectivity index (χ1) is 12.2. The van der Waals surface area contributed by atoms with Crippen molar-refractivity contribution in [3.63, 3.8) is 0 Å². The normalized spacial score (nSPS) is 11.3. The summed E-state index contributed by atoms with van der Waals surface area (Å²) in [5.41, 5.74) is 4.37. The molecule has 140 valence electrons. The molecule has 2 aromatic rings. The fraction of sp³-hybridized carbons (Fsp3) is 0.409. The number of nitrogens with zero attached hydrogens (tertiary/aromatic N) is 1. The highest BCUT2D eigenvalue weighted by Crippen LogP contribution is 2.13. The first-order valence-electron chi connectivity index (χ1n) is 9.00. The number of urea groups is 1. The van der Waals surface area contributed by atoms with Crippen LogP contribution in [-0.4, -0.2) is 23.6 Å². The van der Waals surface area contributed by atoms with Gasteiger partial charge in [-0.05, 0) is 49.9 Å². The van der Waals surface area contributed by atoms with E-state index in [1.54, 1.807) is 4.90 Å². The molecule has 2 rings (SSSR count). The lowest BCUT2D eigenvalue weighted by atomic mass is 10.1. The molecule has 0 aromatic heterocycles. The maximum Gasteiger partial charge on any atom is 0.317 e. The highest BCUT2D eigenvalue weighted by molar-refractivity contribution is 5.73. The number of aryl methyl sites for hydroxylation is 1. The second-order valence-corrected chi connectivity index (χ2v) is 7.66. The third kappa shape index (κ3) is 6.52. The van der Waals surface area contributed by atoms with Crippen molar-refractivity contribution in [1.29, 1.82) is 0 Å². The van der Waals surface area contributed by atoms with E-state index in [4.69, 9.17) is 4.74 Å². The zero-order valence-electron chi connectivity index (χ0n) is 16.5. The van der Waals surface area contributed by atoms with Gasteiger partial charge in [0.15, 0.2) is 0 Å². The molecule has 26 heavy (non-hydrogen) atoms. The van der Waals surface area contributed by atoms with Crippen LogP contribution in [0.1, 0.15) is 43.0 Å². The summed E-state index contributed by atoms with van der Waals surface area (Å²) in [7, 11) is 1.81. The van der Waals surface area contributed by atoms with Gasteiger partial charge in [-0.15, -0.1) is 0 Å². The first-order valence-corrected chi connectivity index (χ1v) is 9.00. The van der Waals surface area contributed by atoms with E-state index in [0.717, 1.165) is 16.7 Å². The summed E-state index contributed by atoms with van der Waals surface area (Å²) in [6.07, 6.45) is 0. The van der Waals surface area contributed by atoms with Gasteiger partial charge in [0.05, 0.1) is 12.2 Å². The van der Waals surface area contributed by atoms with Crippen LogP contribution >= 0.6 is 0 Å². The van der Waals surface area contributed by atoms with E-state index in [2.05, 4.69) is 30.4 Å². The fourth-order valence-electron chi connectivity index (χ4n) is 2.56. The first kappa shape index (κ1) is 20.0. The summed E-state index contributed by atoms with van der Waals surface area (Å²) in [6.45, 7) is 9.85. The van der Waals surface area contributed by atoms with E-state index >= 15 is 0 Å². The molecule has 1 N–H and O–H groups in total. The monoisotopic (exact) mass is 354 g/mol. The smallest absolute Gasteiger partial charge is 0.317 e. The second-order valence-electron chi connectivity index (χ2n) is 7.66. The molecule has 0 atom stereocenters. The van der Waals surface area contributed by atoms with Crippen LogP contribution < -0.4 is 5.32 Å². The molecule has 0 bridgehead atoms. The molecule has 0 fully saturated rings. The predicted octanol–water partition coefficient (Wildman–Crippen LogP) is 4.65. The number of rotatable bonds is 6. The van der Waals surface area contributed by atoms with Crippen molar-refractivity contribution in [2.45, 2.75) is 53.0 Å². The Kier molecular flexibility index (Phi) is 6.81. The fourth-order valence-corrected chi connectivity index (χ4v) is 2.56. The van der Waals surface area contributed by atoms with E-state index in [9.17, 15) is 4.79 Å². The lowest BCUT2D eigenvalue weighted by molar-refractivity contribution is -0.0149. The molecule has 0 saturated heterocycles. The Balaban J connectivity index is 1.87. The largest absolute Gasteiger partial charge is 0.371 e. The lowest BCUT2D eigenvalue weighted by Crippen LogP contribution is -2.36. The van der Waals surface area contributed by atoms with Gasteiger partial charge in [-0.1, -0.05) is 48.5 Å². The number of hydrogen-bond acceptors (Lipinski definition) is 2. The van der Waals surface area contributed by atoms with Crippen LogP contribution in [0.25, 0.3) is 0 Å². The summed E-state index contributed by atoms with van der Waals surface area (Å²) in [5, 5.41) is 2.98. The molecule has 0 unspecified atom stereocenters. The van der Waals surface area contributed by atoms with E-state index in [1.165, 1.54) is 5.56 Å². The SMILES string of the molecule is Cc1ccccc1CN(C)C(=O)NCc1cccc(COC(C)(C)C)c1. The molecule has 4 nitrogen and oxygen atoms in total. The van der Waals surface area contributed by atoms with Gasteiger partial charge in [-0.2, -0.15) is 0 Å². The summed E-state index contributed by atoms with van der Waals surface area (Å²) >= 11 is 0. The summed E-state index contributed by atoms with van der Waals surface area (Å²) < 4.78 is 5.82. The lowest BCUT2D eigenvalue weighted by Gasteiger charge is -2.20. The van der Waals surface area contributed by atoms with Crippen LogP contribution in [0.4, 0.5) is 4.79 Å². The van der Waals surface area contributed by atoms with Gasteiger partial charge in [-0.3, -0.25) is 0 Å². The van der Waals surface area contributed by atoms with Crippen molar-refractivity contribution in [1.82, 2.24) is 10.2 Å². The quantitative estimate of drug-likeness (QED) is 0.820. The molecule has 0 heterocycles. The van der Waals surface area contributed by atoms with E-state index < -0.39 is 0 Å². The van der Waals surface area contributed by atoms with Crippen molar-refractivity contribution in [2.75, 3.05) is 7.05 Å². The Morgan fingerprint density at radius 1 is 1.08 bits per heavy atom. The average molecular weight is 354 g/mol. The van der Waals surface area contributed by atoms with Crippen molar-refractivity contribution < 1.29 is 9.53 Å². The van der Waals surface area contributed by atoms with Crippen LogP contribution in [0.15, 0.2) is 48.5 Å². The summed E-state index contributed by atoms with van der Waals surface area (Å²) in [5.74, 6) is 0. The van der Waals surface area contributed by atoms with E-state index in [-0.39, 0.29) is 11.6 Å². The minimum absolute atomic E-state index is 0.0791. The molecular formula is C22H30N2O2. The maximum atomic E-state index is 12.4. The van der Waals surface area contributed by atoms with Gasteiger partial charge >= 0.3 is 6.03 Å². The van der Waals surface area contributed by atoms with Gasteiger partial charge in [-0.25, -0.2) is 4.79 Å². The van der Waals surface area contributed by atoms with Crippen LogP contribution in [-0.2, 0) is 24.4 Å². The van der Waals surface area contributed by atoms with Crippen molar-refractivity contribution in [3.8, 4) is 0 Å². The van der Waals surface area contributed by atoms with E-state index in [1.807, 2.05) is 58.2 Å². The zero-order valence-corrected chi connectivity index (χ0v) is 16.5. The molecule has 0 spiro atoms. The molecular weight excluding hydrogens is 324 g/mol. The van der Waals surface area contributed by atoms with Crippen LogP contribution in [0.5, 0.6) is 0 Å². The molecule has 0 radical (unpaired) electrons. The molecule has 2 aromatic carbocycles. The van der Waals surface area contributed by atoms with Crippen molar-refractivity contribution in [3.05, 3.63) is 70.8 Å². The number of ether oxygens (including phenoxy) is 1. The number of nitrogens with one attached hydrogen (secondary N) is 1. The summed E-state index contributed by atoms with van der Waals surface area (Å²) in [4.78, 5) is 14.1. The molecule has 2 amide bonds. The Labute approximate surface area is 157 Å². The number of benzene rings is 2. The number of hydrogen-bond donors (Lipinski definition) is 1. The maximum absolute atomic E-state index is 12.4. The third-order valence-electron chi connectivity index (χ3n) is 4.12. The minimum Gasteiger partial charge on any atom is -0.371 e. The minimum atomic E-state index is -0.164. The topological polar surface area (TPSA) is 41.6 Å². The van der Waals surface area contributed by atoms with Crippen molar-refractivity contribution >= 4 is 6.03 Å². The van der Waals surface area contributed by atoms with Crippen LogP contribution in [0, 0.1) is 6.92 Å². The summed E-state index contributed by atoms with van der Waals surface area (Å²) in [6, 6.07) is 16.2. The Bertz CT molecular complexity index is 735. The molecule has 0 aliphatic carbocycles. The Hall–Kier alpha value is -2.33. The highest BCUT2D eigenvalue weighted by atomic mass is 16.5. The molecule has 4 heteroatoms. The number of carbonyl (C=O) groups excluding carboxylic acids is 1. The van der Waals surface area contributed by atoms with Gasteiger partial charge < -0.3 is 15.0 Å². The Morgan fingerprint density at radius 3 is 2.46 bits per heavy atom. The molecule has 0 saturated carbocycles. The number of amides is 2. The average Bonchev–Trinajstić information content (AvgIpc) is 2.59. The van der Waals surface area contributed by atoms with Gasteiger partial charge in [0.2, 0.25) is 0 Å². The predicted molar refractivity (Wildman–Crippen MR) is 106 cm³/mol. The van der Waals surface area contributed by atoms with Crippen LogP contribution in [0.2, 0.25) is 0 Å². The standard InChI is InChI=1S/C22H30N2O2/c1-17-9-6-7-12-20(17)15-24(5)21(25)23-14-18-10-8-11-19(13-18)16-26-22(2,3)4/h6-13H,14-16H2,1-5H3,(H,23,25).